The lowest BCUT2D eigenvalue weighted by Gasteiger charge is -2.07. The van der Waals surface area contributed by atoms with Crippen LogP contribution in [0, 0.1) is 5.82 Å². The highest BCUT2D eigenvalue weighted by Crippen LogP contribution is 2.25. The molecular formula is C10H12FNO2S. The van der Waals surface area contributed by atoms with Crippen LogP contribution in [0.15, 0.2) is 17.0 Å². The SMILES string of the molecule is CCOC(=O)c1cc(F)c(SC)cc1N. The fourth-order valence-corrected chi connectivity index (χ4v) is 1.61. The molecule has 1 rings (SSSR count). The largest absolute Gasteiger partial charge is 0.462 e. The zero-order chi connectivity index (χ0) is 11.4. The third kappa shape index (κ3) is 2.62. The first kappa shape index (κ1) is 11.8. The van der Waals surface area contributed by atoms with Crippen molar-refractivity contribution in [1.29, 1.82) is 0 Å². The maximum absolute atomic E-state index is 13.3. The summed E-state index contributed by atoms with van der Waals surface area (Å²) < 4.78 is 18.1. The van der Waals surface area contributed by atoms with E-state index in [4.69, 9.17) is 10.5 Å². The van der Waals surface area contributed by atoms with Crippen molar-refractivity contribution in [3.05, 3.63) is 23.5 Å². The molecule has 0 fully saturated rings. The molecule has 0 radical (unpaired) electrons. The summed E-state index contributed by atoms with van der Waals surface area (Å²) in [5.41, 5.74) is 5.93. The average molecular weight is 229 g/mol. The third-order valence-electron chi connectivity index (χ3n) is 1.82. The molecule has 0 unspecified atom stereocenters. The van der Waals surface area contributed by atoms with E-state index in [1.807, 2.05) is 0 Å². The van der Waals surface area contributed by atoms with Gasteiger partial charge < -0.3 is 10.5 Å². The van der Waals surface area contributed by atoms with Gasteiger partial charge in [-0.15, -0.1) is 11.8 Å². The Kier molecular flexibility index (Phi) is 3.96. The maximum atomic E-state index is 13.3. The number of rotatable bonds is 3. The van der Waals surface area contributed by atoms with Crippen LogP contribution in [0.5, 0.6) is 0 Å². The Labute approximate surface area is 91.8 Å². The van der Waals surface area contributed by atoms with E-state index < -0.39 is 11.8 Å². The van der Waals surface area contributed by atoms with Crippen molar-refractivity contribution in [2.24, 2.45) is 0 Å². The lowest BCUT2D eigenvalue weighted by molar-refractivity contribution is 0.0527. The predicted octanol–water partition coefficient (Wildman–Crippen LogP) is 2.31. The third-order valence-corrected chi connectivity index (χ3v) is 2.57. The van der Waals surface area contributed by atoms with Crippen molar-refractivity contribution in [2.45, 2.75) is 11.8 Å². The molecule has 5 heteroatoms. The molecule has 1 aromatic rings. The molecule has 0 atom stereocenters. The molecule has 0 amide bonds. The highest BCUT2D eigenvalue weighted by molar-refractivity contribution is 7.98. The minimum absolute atomic E-state index is 0.0761. The number of carbonyl (C=O) groups is 1. The zero-order valence-electron chi connectivity index (χ0n) is 8.54. The number of hydrogen-bond acceptors (Lipinski definition) is 4. The van der Waals surface area contributed by atoms with Gasteiger partial charge in [0.15, 0.2) is 0 Å². The molecule has 82 valence electrons. The molecule has 0 heterocycles. The molecule has 0 aliphatic carbocycles. The number of benzene rings is 1. The number of hydrogen-bond donors (Lipinski definition) is 1. The number of thioether (sulfide) groups is 1. The number of ether oxygens (including phenoxy) is 1. The number of anilines is 1. The van der Waals surface area contributed by atoms with E-state index in [1.54, 1.807) is 13.2 Å². The lowest BCUT2D eigenvalue weighted by atomic mass is 10.2. The fraction of sp³-hybridized carbons (Fsp3) is 0.300. The second-order valence-corrected chi connectivity index (χ2v) is 3.64. The monoisotopic (exact) mass is 229 g/mol. The van der Waals surface area contributed by atoms with Gasteiger partial charge in [-0.25, -0.2) is 9.18 Å². The number of esters is 1. The summed E-state index contributed by atoms with van der Waals surface area (Å²) in [7, 11) is 0. The van der Waals surface area contributed by atoms with Crippen LogP contribution in [0.2, 0.25) is 0 Å². The van der Waals surface area contributed by atoms with Crippen molar-refractivity contribution in [2.75, 3.05) is 18.6 Å². The van der Waals surface area contributed by atoms with Gasteiger partial charge >= 0.3 is 5.97 Å². The Morgan fingerprint density at radius 3 is 2.80 bits per heavy atom. The summed E-state index contributed by atoms with van der Waals surface area (Å²) >= 11 is 1.24. The second-order valence-electron chi connectivity index (χ2n) is 2.79. The van der Waals surface area contributed by atoms with Crippen LogP contribution in [0.3, 0.4) is 0 Å². The number of halogens is 1. The highest BCUT2D eigenvalue weighted by Gasteiger charge is 2.14. The maximum Gasteiger partial charge on any atom is 0.340 e. The van der Waals surface area contributed by atoms with Crippen LogP contribution in [0.4, 0.5) is 10.1 Å². The Balaban J connectivity index is 3.10. The lowest BCUT2D eigenvalue weighted by Crippen LogP contribution is -2.08. The summed E-state index contributed by atoms with van der Waals surface area (Å²) in [5, 5.41) is 0. The summed E-state index contributed by atoms with van der Waals surface area (Å²) in [5.74, 6) is -1.05. The predicted molar refractivity (Wildman–Crippen MR) is 58.5 cm³/mol. The molecule has 0 aliphatic rings. The molecular weight excluding hydrogens is 217 g/mol. The Bertz CT molecular complexity index is 382. The van der Waals surface area contributed by atoms with Gasteiger partial charge in [-0.1, -0.05) is 0 Å². The van der Waals surface area contributed by atoms with Crippen LogP contribution >= 0.6 is 11.8 Å². The van der Waals surface area contributed by atoms with Crippen molar-refractivity contribution in [3.63, 3.8) is 0 Å². The van der Waals surface area contributed by atoms with Crippen LogP contribution in [-0.4, -0.2) is 18.8 Å². The number of nitrogens with two attached hydrogens (primary N) is 1. The molecule has 2 N–H and O–H groups in total. The first-order valence-electron chi connectivity index (χ1n) is 4.40. The van der Waals surface area contributed by atoms with Crippen molar-refractivity contribution in [3.8, 4) is 0 Å². The summed E-state index contributed by atoms with van der Waals surface area (Å²) in [6.45, 7) is 1.92. The molecule has 0 aromatic heterocycles. The minimum Gasteiger partial charge on any atom is -0.462 e. The summed E-state index contributed by atoms with van der Waals surface area (Å²) in [6.07, 6.45) is 1.74. The van der Waals surface area contributed by atoms with Crippen LogP contribution < -0.4 is 5.73 Å². The van der Waals surface area contributed by atoms with E-state index in [0.717, 1.165) is 6.07 Å². The number of carbonyl (C=O) groups excluding carboxylic acids is 1. The smallest absolute Gasteiger partial charge is 0.340 e. The average Bonchev–Trinajstić information content (AvgIpc) is 2.21. The molecule has 3 nitrogen and oxygen atoms in total. The Morgan fingerprint density at radius 1 is 1.60 bits per heavy atom. The minimum atomic E-state index is -0.596. The van der Waals surface area contributed by atoms with E-state index in [1.165, 1.54) is 17.8 Å². The topological polar surface area (TPSA) is 52.3 Å². The van der Waals surface area contributed by atoms with E-state index in [-0.39, 0.29) is 17.9 Å². The molecule has 0 bridgehead atoms. The van der Waals surface area contributed by atoms with E-state index >= 15 is 0 Å². The molecule has 0 saturated carbocycles. The zero-order valence-corrected chi connectivity index (χ0v) is 9.36. The van der Waals surface area contributed by atoms with Crippen molar-refractivity contribution < 1.29 is 13.9 Å². The molecule has 1 aromatic carbocycles. The van der Waals surface area contributed by atoms with Gasteiger partial charge in [0.05, 0.1) is 12.2 Å². The van der Waals surface area contributed by atoms with Gasteiger partial charge in [-0.2, -0.15) is 0 Å². The normalized spacial score (nSPS) is 10.1. The molecule has 15 heavy (non-hydrogen) atoms. The van der Waals surface area contributed by atoms with Crippen LogP contribution in [0.1, 0.15) is 17.3 Å². The van der Waals surface area contributed by atoms with E-state index in [2.05, 4.69) is 0 Å². The fourth-order valence-electron chi connectivity index (χ4n) is 1.11. The summed E-state index contributed by atoms with van der Waals surface area (Å²) in [6, 6.07) is 2.55. The van der Waals surface area contributed by atoms with E-state index in [9.17, 15) is 9.18 Å². The van der Waals surface area contributed by atoms with Crippen molar-refractivity contribution in [1.82, 2.24) is 0 Å². The first-order valence-corrected chi connectivity index (χ1v) is 5.62. The number of nitrogen functional groups attached to an aromatic ring is 1. The van der Waals surface area contributed by atoms with E-state index in [0.29, 0.717) is 4.90 Å². The van der Waals surface area contributed by atoms with Gasteiger partial charge in [0.25, 0.3) is 0 Å². The van der Waals surface area contributed by atoms with Gasteiger partial charge in [0, 0.05) is 10.6 Å². The second kappa shape index (κ2) is 5.02. The van der Waals surface area contributed by atoms with Gasteiger partial charge in [-0.3, -0.25) is 0 Å². The van der Waals surface area contributed by atoms with Crippen LogP contribution in [-0.2, 0) is 4.74 Å². The quantitative estimate of drug-likeness (QED) is 0.491. The van der Waals surface area contributed by atoms with Gasteiger partial charge in [0.2, 0.25) is 0 Å². The molecule has 0 aliphatic heterocycles. The van der Waals surface area contributed by atoms with Gasteiger partial charge in [0.1, 0.15) is 5.82 Å². The summed E-state index contributed by atoms with van der Waals surface area (Å²) in [4.78, 5) is 11.8. The van der Waals surface area contributed by atoms with Crippen LogP contribution in [0.25, 0.3) is 0 Å². The molecule has 0 saturated heterocycles. The standard InChI is InChI=1S/C10H12FNO2S/c1-3-14-10(13)6-4-7(11)9(15-2)5-8(6)12/h4-5H,3,12H2,1-2H3. The molecule has 0 spiro atoms. The van der Waals surface area contributed by atoms with Crippen molar-refractivity contribution >= 4 is 23.4 Å². The van der Waals surface area contributed by atoms with Gasteiger partial charge in [-0.05, 0) is 25.3 Å². The highest BCUT2D eigenvalue weighted by atomic mass is 32.2. The first-order chi connectivity index (χ1) is 7.10. The Morgan fingerprint density at radius 2 is 2.27 bits per heavy atom. The Hall–Kier alpha value is -1.23.